The Labute approximate surface area is 87.5 Å². The normalized spacial score (nSPS) is 11.2. The summed E-state index contributed by atoms with van der Waals surface area (Å²) in [6, 6.07) is 2.76. The Kier molecular flexibility index (Phi) is 3.09. The first kappa shape index (κ1) is 11.6. The van der Waals surface area contributed by atoms with Crippen LogP contribution >= 0.6 is 11.6 Å². The smallest absolute Gasteiger partial charge is 0.417 e. The average molecular weight is 240 g/mol. The molecule has 1 aromatic carbocycles. The Morgan fingerprint density at radius 1 is 1.40 bits per heavy atom. The number of anilines is 1. The van der Waals surface area contributed by atoms with Crippen molar-refractivity contribution in [1.29, 1.82) is 0 Å². The molecule has 0 aromatic heterocycles. The van der Waals surface area contributed by atoms with E-state index in [4.69, 9.17) is 16.7 Å². The average Bonchev–Trinajstić information content (AvgIpc) is 2.05. The fraction of sp³-hybridized carbons (Fsp3) is 0.125. The molecule has 1 aromatic rings. The van der Waals surface area contributed by atoms with Crippen LogP contribution in [-0.2, 0) is 6.18 Å². The van der Waals surface area contributed by atoms with E-state index in [-0.39, 0.29) is 5.69 Å². The van der Waals surface area contributed by atoms with Gasteiger partial charge in [-0.25, -0.2) is 4.79 Å². The van der Waals surface area contributed by atoms with Crippen LogP contribution in [0.5, 0.6) is 0 Å². The highest BCUT2D eigenvalue weighted by Gasteiger charge is 2.33. The van der Waals surface area contributed by atoms with E-state index in [2.05, 4.69) is 0 Å². The molecule has 0 atom stereocenters. The molecule has 82 valence electrons. The minimum Gasteiger partial charge on any atom is -0.465 e. The van der Waals surface area contributed by atoms with E-state index >= 15 is 0 Å². The highest BCUT2D eigenvalue weighted by atomic mass is 35.5. The van der Waals surface area contributed by atoms with Crippen molar-refractivity contribution in [3.63, 3.8) is 0 Å². The number of alkyl halides is 3. The lowest BCUT2D eigenvalue weighted by Crippen LogP contribution is -2.10. The van der Waals surface area contributed by atoms with Crippen molar-refractivity contribution in [1.82, 2.24) is 0 Å². The number of rotatable bonds is 1. The van der Waals surface area contributed by atoms with Gasteiger partial charge >= 0.3 is 12.3 Å². The fourth-order valence-electron chi connectivity index (χ4n) is 0.944. The number of benzene rings is 1. The molecular weight excluding hydrogens is 235 g/mol. The van der Waals surface area contributed by atoms with Crippen molar-refractivity contribution in [2.24, 2.45) is 0 Å². The summed E-state index contributed by atoms with van der Waals surface area (Å²) in [7, 11) is 0. The maximum absolute atomic E-state index is 12.3. The van der Waals surface area contributed by atoms with E-state index in [1.165, 1.54) is 0 Å². The number of nitrogens with one attached hydrogen (secondary N) is 1. The van der Waals surface area contributed by atoms with Gasteiger partial charge in [-0.15, -0.1) is 0 Å². The predicted octanol–water partition coefficient (Wildman–Crippen LogP) is 3.45. The third-order valence-corrected chi connectivity index (χ3v) is 1.85. The standard InChI is InChI=1S/C8H5ClF3NO2/c9-6-2-1-4(13-7(14)15)3-5(6)8(10,11)12/h1-3,13H,(H,14,15). The van der Waals surface area contributed by atoms with Crippen molar-refractivity contribution in [3.8, 4) is 0 Å². The number of carboxylic acid groups (broad SMARTS) is 1. The van der Waals surface area contributed by atoms with Crippen molar-refractivity contribution < 1.29 is 23.1 Å². The van der Waals surface area contributed by atoms with Crippen LogP contribution in [0.1, 0.15) is 5.56 Å². The van der Waals surface area contributed by atoms with Crippen LogP contribution in [0.2, 0.25) is 5.02 Å². The second-order valence-electron chi connectivity index (χ2n) is 2.62. The molecule has 3 nitrogen and oxygen atoms in total. The molecule has 2 N–H and O–H groups in total. The second kappa shape index (κ2) is 3.98. The summed E-state index contributed by atoms with van der Waals surface area (Å²) < 4.78 is 36.9. The van der Waals surface area contributed by atoms with Crippen molar-refractivity contribution in [3.05, 3.63) is 28.8 Å². The first-order valence-corrected chi connectivity index (χ1v) is 4.05. The summed E-state index contributed by atoms with van der Waals surface area (Å²) >= 11 is 5.32. The van der Waals surface area contributed by atoms with E-state index in [1.54, 1.807) is 5.32 Å². The third-order valence-electron chi connectivity index (χ3n) is 1.52. The van der Waals surface area contributed by atoms with Crippen molar-refractivity contribution in [2.45, 2.75) is 6.18 Å². The summed E-state index contributed by atoms with van der Waals surface area (Å²) in [6.07, 6.45) is -6.04. The lowest BCUT2D eigenvalue weighted by molar-refractivity contribution is -0.137. The molecular formula is C8H5ClF3NO2. The SMILES string of the molecule is O=C(O)Nc1ccc(Cl)c(C(F)(F)F)c1. The Morgan fingerprint density at radius 3 is 2.47 bits per heavy atom. The first-order valence-electron chi connectivity index (χ1n) is 3.67. The van der Waals surface area contributed by atoms with Gasteiger partial charge in [-0.3, -0.25) is 5.32 Å². The first-order chi connectivity index (χ1) is 6.80. The number of carbonyl (C=O) groups is 1. The molecule has 0 saturated heterocycles. The Bertz CT molecular complexity index is 392. The molecule has 0 fully saturated rings. The lowest BCUT2D eigenvalue weighted by Gasteiger charge is -2.10. The Morgan fingerprint density at radius 2 is 2.00 bits per heavy atom. The van der Waals surface area contributed by atoms with Gasteiger partial charge in [-0.2, -0.15) is 13.2 Å². The quantitative estimate of drug-likeness (QED) is 0.789. The third kappa shape index (κ3) is 3.02. The number of halogens is 4. The molecule has 0 heterocycles. The van der Waals surface area contributed by atoms with Gasteiger partial charge in [0.1, 0.15) is 0 Å². The van der Waals surface area contributed by atoms with E-state index < -0.39 is 22.9 Å². The van der Waals surface area contributed by atoms with Gasteiger partial charge in [0.05, 0.1) is 10.6 Å². The zero-order valence-corrected chi connectivity index (χ0v) is 7.86. The molecule has 1 amide bonds. The van der Waals surface area contributed by atoms with Crippen molar-refractivity contribution >= 4 is 23.4 Å². The van der Waals surface area contributed by atoms with Crippen LogP contribution < -0.4 is 5.32 Å². The molecule has 15 heavy (non-hydrogen) atoms. The molecule has 0 aliphatic heterocycles. The lowest BCUT2D eigenvalue weighted by atomic mass is 10.2. The molecule has 0 aliphatic carbocycles. The number of hydrogen-bond acceptors (Lipinski definition) is 1. The molecule has 0 radical (unpaired) electrons. The Hall–Kier alpha value is -1.43. The van der Waals surface area contributed by atoms with Gasteiger partial charge in [0.25, 0.3) is 0 Å². The summed E-state index contributed by atoms with van der Waals surface area (Å²) in [5, 5.41) is 9.63. The van der Waals surface area contributed by atoms with Crippen LogP contribution in [0, 0.1) is 0 Å². The number of amides is 1. The predicted molar refractivity (Wildman–Crippen MR) is 48.1 cm³/mol. The minimum absolute atomic E-state index is 0.181. The minimum atomic E-state index is -4.60. The van der Waals surface area contributed by atoms with Gasteiger partial charge < -0.3 is 5.11 Å². The molecule has 1 rings (SSSR count). The topological polar surface area (TPSA) is 49.3 Å². The van der Waals surface area contributed by atoms with Crippen molar-refractivity contribution in [2.75, 3.05) is 5.32 Å². The van der Waals surface area contributed by atoms with E-state index in [9.17, 15) is 18.0 Å². The maximum atomic E-state index is 12.3. The summed E-state index contributed by atoms with van der Waals surface area (Å²) in [5.74, 6) is 0. The van der Waals surface area contributed by atoms with E-state index in [0.29, 0.717) is 6.07 Å². The van der Waals surface area contributed by atoms with Gasteiger partial charge in [0.15, 0.2) is 0 Å². The molecule has 7 heteroatoms. The van der Waals surface area contributed by atoms with Gasteiger partial charge in [-0.1, -0.05) is 11.6 Å². The van der Waals surface area contributed by atoms with Gasteiger partial charge in [0, 0.05) is 5.69 Å². The van der Waals surface area contributed by atoms with Crippen LogP contribution in [0.3, 0.4) is 0 Å². The van der Waals surface area contributed by atoms with Crippen LogP contribution in [-0.4, -0.2) is 11.2 Å². The van der Waals surface area contributed by atoms with E-state index in [1.807, 2.05) is 0 Å². The van der Waals surface area contributed by atoms with Crippen LogP contribution in [0.15, 0.2) is 18.2 Å². The highest BCUT2D eigenvalue weighted by Crippen LogP contribution is 2.36. The summed E-state index contributed by atoms with van der Waals surface area (Å²) in [6.45, 7) is 0. The number of hydrogen-bond donors (Lipinski definition) is 2. The highest BCUT2D eigenvalue weighted by molar-refractivity contribution is 6.31. The van der Waals surface area contributed by atoms with Crippen LogP contribution in [0.25, 0.3) is 0 Å². The Balaban J connectivity index is 3.11. The summed E-state index contributed by atoms with van der Waals surface area (Å²) in [5.41, 5.74) is -1.25. The fourth-order valence-corrected chi connectivity index (χ4v) is 1.17. The monoisotopic (exact) mass is 239 g/mol. The molecule has 0 aliphatic rings. The summed E-state index contributed by atoms with van der Waals surface area (Å²) in [4.78, 5) is 10.2. The molecule has 0 saturated carbocycles. The maximum Gasteiger partial charge on any atom is 0.417 e. The second-order valence-corrected chi connectivity index (χ2v) is 3.03. The molecule has 0 bridgehead atoms. The molecule has 0 spiro atoms. The zero-order chi connectivity index (χ0) is 11.6. The van der Waals surface area contributed by atoms with Gasteiger partial charge in [-0.05, 0) is 18.2 Å². The van der Waals surface area contributed by atoms with Crippen LogP contribution in [0.4, 0.5) is 23.7 Å². The van der Waals surface area contributed by atoms with E-state index in [0.717, 1.165) is 12.1 Å². The van der Waals surface area contributed by atoms with Gasteiger partial charge in [0.2, 0.25) is 0 Å². The zero-order valence-electron chi connectivity index (χ0n) is 7.10. The largest absolute Gasteiger partial charge is 0.465 e. The molecule has 0 unspecified atom stereocenters.